The Morgan fingerprint density at radius 3 is 2.07 bits per heavy atom. The Morgan fingerprint density at radius 1 is 0.889 bits per heavy atom. The van der Waals surface area contributed by atoms with Crippen LogP contribution in [0.25, 0.3) is 0 Å². The molecule has 1 heterocycles. The van der Waals surface area contributed by atoms with Gasteiger partial charge in [0.05, 0.1) is 12.0 Å². The van der Waals surface area contributed by atoms with Crippen molar-refractivity contribution in [2.45, 2.75) is 11.8 Å². The minimum absolute atomic E-state index is 0.305. The lowest BCUT2D eigenvalue weighted by Gasteiger charge is -2.33. The van der Waals surface area contributed by atoms with E-state index in [1.165, 1.54) is 5.56 Å². The topological polar surface area (TPSA) is 59.1 Å². The SMILES string of the molecule is COc1ccc(S(=O)(=O)N2CCN(CCOc3ccc(C)cc3)CC2)cc1. The van der Waals surface area contributed by atoms with Crippen molar-refractivity contribution in [3.63, 3.8) is 0 Å². The van der Waals surface area contributed by atoms with Crippen LogP contribution in [0, 0.1) is 6.92 Å². The molecule has 1 saturated heterocycles. The second-order valence-corrected chi connectivity index (χ2v) is 8.52. The number of hydrogen-bond donors (Lipinski definition) is 0. The summed E-state index contributed by atoms with van der Waals surface area (Å²) in [6.07, 6.45) is 0. The summed E-state index contributed by atoms with van der Waals surface area (Å²) in [5, 5.41) is 0. The highest BCUT2D eigenvalue weighted by Crippen LogP contribution is 2.20. The van der Waals surface area contributed by atoms with Gasteiger partial charge in [-0.25, -0.2) is 8.42 Å². The van der Waals surface area contributed by atoms with Crippen LogP contribution >= 0.6 is 0 Å². The van der Waals surface area contributed by atoms with Gasteiger partial charge in [0, 0.05) is 32.7 Å². The molecule has 0 N–H and O–H groups in total. The first-order valence-electron chi connectivity index (χ1n) is 9.05. The van der Waals surface area contributed by atoms with Crippen molar-refractivity contribution in [1.29, 1.82) is 0 Å². The lowest BCUT2D eigenvalue weighted by atomic mass is 10.2. The molecule has 1 aliphatic rings. The first-order valence-corrected chi connectivity index (χ1v) is 10.5. The fourth-order valence-corrected chi connectivity index (χ4v) is 4.44. The molecule has 0 spiro atoms. The fraction of sp³-hybridized carbons (Fsp3) is 0.400. The quantitative estimate of drug-likeness (QED) is 0.727. The molecule has 0 aliphatic carbocycles. The summed E-state index contributed by atoms with van der Waals surface area (Å²) in [7, 11) is -1.90. The van der Waals surface area contributed by atoms with Crippen molar-refractivity contribution in [3.8, 4) is 11.5 Å². The van der Waals surface area contributed by atoms with Gasteiger partial charge in [-0.15, -0.1) is 0 Å². The van der Waals surface area contributed by atoms with Gasteiger partial charge in [0.15, 0.2) is 0 Å². The van der Waals surface area contributed by atoms with E-state index in [1.54, 1.807) is 35.7 Å². The van der Waals surface area contributed by atoms with Gasteiger partial charge in [-0.1, -0.05) is 17.7 Å². The maximum Gasteiger partial charge on any atom is 0.243 e. The van der Waals surface area contributed by atoms with Crippen LogP contribution < -0.4 is 9.47 Å². The molecule has 7 heteroatoms. The number of piperazine rings is 1. The highest BCUT2D eigenvalue weighted by Gasteiger charge is 2.28. The molecule has 0 amide bonds. The number of benzene rings is 2. The molecule has 1 fully saturated rings. The van der Waals surface area contributed by atoms with Gasteiger partial charge in [-0.2, -0.15) is 4.31 Å². The van der Waals surface area contributed by atoms with E-state index in [9.17, 15) is 8.42 Å². The molecule has 2 aromatic rings. The lowest BCUT2D eigenvalue weighted by Crippen LogP contribution is -2.49. The second-order valence-electron chi connectivity index (χ2n) is 6.58. The Morgan fingerprint density at radius 2 is 1.48 bits per heavy atom. The van der Waals surface area contributed by atoms with E-state index >= 15 is 0 Å². The Balaban J connectivity index is 1.48. The summed E-state index contributed by atoms with van der Waals surface area (Å²) in [5.41, 5.74) is 1.21. The minimum atomic E-state index is -3.46. The average molecular weight is 391 g/mol. The van der Waals surface area contributed by atoms with Crippen LogP contribution in [0.3, 0.4) is 0 Å². The molecule has 0 atom stereocenters. The third-order valence-corrected chi connectivity index (χ3v) is 6.64. The van der Waals surface area contributed by atoms with Crippen LogP contribution in [-0.4, -0.2) is 64.1 Å². The second kappa shape index (κ2) is 8.73. The van der Waals surface area contributed by atoms with Crippen molar-refractivity contribution < 1.29 is 17.9 Å². The number of aryl methyl sites for hydroxylation is 1. The van der Waals surface area contributed by atoms with E-state index in [4.69, 9.17) is 9.47 Å². The van der Waals surface area contributed by atoms with Crippen molar-refractivity contribution in [2.75, 3.05) is 46.4 Å². The van der Waals surface area contributed by atoms with Gasteiger partial charge in [-0.05, 0) is 43.3 Å². The van der Waals surface area contributed by atoms with Crippen molar-refractivity contribution >= 4 is 10.0 Å². The van der Waals surface area contributed by atoms with E-state index in [0.717, 1.165) is 12.3 Å². The third kappa shape index (κ3) is 5.00. The Labute approximate surface area is 161 Å². The number of ether oxygens (including phenoxy) is 2. The van der Waals surface area contributed by atoms with E-state index in [0.29, 0.717) is 43.4 Å². The third-order valence-electron chi connectivity index (χ3n) is 4.73. The summed E-state index contributed by atoms with van der Waals surface area (Å²) < 4.78 is 37.9. The predicted molar refractivity (Wildman–Crippen MR) is 105 cm³/mol. The molecular weight excluding hydrogens is 364 g/mol. The predicted octanol–water partition coefficient (Wildman–Crippen LogP) is 2.39. The normalized spacial score (nSPS) is 16.2. The molecule has 2 aromatic carbocycles. The van der Waals surface area contributed by atoms with Crippen LogP contribution in [0.5, 0.6) is 11.5 Å². The molecular formula is C20H26N2O4S. The van der Waals surface area contributed by atoms with Gasteiger partial charge >= 0.3 is 0 Å². The van der Waals surface area contributed by atoms with Crippen LogP contribution in [0.4, 0.5) is 0 Å². The number of methoxy groups -OCH3 is 1. The molecule has 146 valence electrons. The standard InChI is InChI=1S/C20H26N2O4S/c1-17-3-5-19(6-4-17)26-16-15-21-11-13-22(14-12-21)27(23,24)20-9-7-18(25-2)8-10-20/h3-10H,11-16H2,1-2H3. The van der Waals surface area contributed by atoms with E-state index in [2.05, 4.69) is 4.90 Å². The van der Waals surface area contributed by atoms with Crippen LogP contribution in [0.15, 0.2) is 53.4 Å². The van der Waals surface area contributed by atoms with E-state index < -0.39 is 10.0 Å². The average Bonchev–Trinajstić information content (AvgIpc) is 2.70. The smallest absolute Gasteiger partial charge is 0.243 e. The monoisotopic (exact) mass is 390 g/mol. The Kier molecular flexibility index (Phi) is 6.36. The van der Waals surface area contributed by atoms with Crippen LogP contribution in [0.2, 0.25) is 0 Å². The number of rotatable bonds is 7. The summed E-state index contributed by atoms with van der Waals surface area (Å²) in [5.74, 6) is 1.51. The summed E-state index contributed by atoms with van der Waals surface area (Å²) in [6.45, 7) is 5.79. The molecule has 1 aliphatic heterocycles. The molecule has 3 rings (SSSR count). The van der Waals surface area contributed by atoms with Gasteiger partial charge < -0.3 is 9.47 Å². The van der Waals surface area contributed by atoms with Crippen molar-refractivity contribution in [2.24, 2.45) is 0 Å². The molecule has 0 bridgehead atoms. The number of hydrogen-bond acceptors (Lipinski definition) is 5. The van der Waals surface area contributed by atoms with Crippen LogP contribution in [-0.2, 0) is 10.0 Å². The molecule has 0 saturated carbocycles. The van der Waals surface area contributed by atoms with Gasteiger partial charge in [0.1, 0.15) is 18.1 Å². The maximum atomic E-state index is 12.8. The van der Waals surface area contributed by atoms with Gasteiger partial charge in [0.25, 0.3) is 0 Å². The first kappa shape index (κ1) is 19.7. The molecule has 0 unspecified atom stereocenters. The van der Waals surface area contributed by atoms with Gasteiger partial charge in [0.2, 0.25) is 10.0 Å². The van der Waals surface area contributed by atoms with Crippen molar-refractivity contribution in [3.05, 3.63) is 54.1 Å². The van der Waals surface area contributed by atoms with Crippen LogP contribution in [0.1, 0.15) is 5.56 Å². The molecule has 27 heavy (non-hydrogen) atoms. The summed E-state index contributed by atoms with van der Waals surface area (Å²) in [6, 6.07) is 14.5. The first-order chi connectivity index (χ1) is 13.0. The fourth-order valence-electron chi connectivity index (χ4n) is 3.02. The Hall–Kier alpha value is -2.09. The maximum absolute atomic E-state index is 12.8. The highest BCUT2D eigenvalue weighted by atomic mass is 32.2. The summed E-state index contributed by atoms with van der Waals surface area (Å²) in [4.78, 5) is 2.54. The van der Waals surface area contributed by atoms with Gasteiger partial charge in [-0.3, -0.25) is 4.90 Å². The zero-order valence-electron chi connectivity index (χ0n) is 15.8. The van der Waals surface area contributed by atoms with E-state index in [-0.39, 0.29) is 0 Å². The number of nitrogens with zero attached hydrogens (tertiary/aromatic N) is 2. The van der Waals surface area contributed by atoms with Crippen molar-refractivity contribution in [1.82, 2.24) is 9.21 Å². The molecule has 6 nitrogen and oxygen atoms in total. The molecule has 0 aromatic heterocycles. The minimum Gasteiger partial charge on any atom is -0.497 e. The highest BCUT2D eigenvalue weighted by molar-refractivity contribution is 7.89. The number of sulfonamides is 1. The zero-order valence-corrected chi connectivity index (χ0v) is 16.6. The summed E-state index contributed by atoms with van der Waals surface area (Å²) >= 11 is 0. The van der Waals surface area contributed by atoms with E-state index in [1.807, 2.05) is 31.2 Å². The lowest BCUT2D eigenvalue weighted by molar-refractivity contribution is 0.159. The Bertz CT molecular complexity index is 827. The zero-order chi connectivity index (χ0) is 19.3. The largest absolute Gasteiger partial charge is 0.497 e. The molecule has 0 radical (unpaired) electrons.